The zero-order valence-electron chi connectivity index (χ0n) is 9.18. The van der Waals surface area contributed by atoms with E-state index in [1.54, 1.807) is 0 Å². The molecule has 1 aliphatic heterocycles. The highest BCUT2D eigenvalue weighted by Gasteiger charge is 2.28. The van der Waals surface area contributed by atoms with E-state index in [0.717, 1.165) is 19.4 Å². The zero-order chi connectivity index (χ0) is 11.4. The number of carbonyl (C=O) groups is 1. The van der Waals surface area contributed by atoms with Gasteiger partial charge in [0.1, 0.15) is 12.5 Å². The Morgan fingerprint density at radius 1 is 1.38 bits per heavy atom. The highest BCUT2D eigenvalue weighted by molar-refractivity contribution is 5.54. The van der Waals surface area contributed by atoms with Gasteiger partial charge in [-0.1, -0.05) is 30.3 Å². The number of aldehydes is 1. The summed E-state index contributed by atoms with van der Waals surface area (Å²) in [5.74, 6) is -0.396. The molecule has 1 aromatic carbocycles. The van der Waals surface area contributed by atoms with Gasteiger partial charge in [-0.05, 0) is 18.5 Å². The average molecular weight is 221 g/mol. The van der Waals surface area contributed by atoms with Crippen LogP contribution >= 0.6 is 0 Å². The van der Waals surface area contributed by atoms with E-state index in [2.05, 4.69) is 4.90 Å². The molecular formula is C13H16FNO. The van der Waals surface area contributed by atoms with Gasteiger partial charge in [-0.2, -0.15) is 0 Å². The van der Waals surface area contributed by atoms with Gasteiger partial charge in [0.05, 0.1) is 0 Å². The number of piperidine rings is 1. The molecule has 1 aliphatic rings. The van der Waals surface area contributed by atoms with E-state index >= 15 is 0 Å². The van der Waals surface area contributed by atoms with E-state index in [1.807, 2.05) is 30.3 Å². The number of rotatable bonds is 3. The fourth-order valence-corrected chi connectivity index (χ4v) is 2.12. The molecule has 1 aromatic rings. The van der Waals surface area contributed by atoms with Crippen LogP contribution in [0.15, 0.2) is 30.3 Å². The molecule has 86 valence electrons. The number of benzene rings is 1. The van der Waals surface area contributed by atoms with Crippen molar-refractivity contribution in [3.63, 3.8) is 0 Å². The van der Waals surface area contributed by atoms with E-state index in [4.69, 9.17) is 0 Å². The molecule has 0 amide bonds. The van der Waals surface area contributed by atoms with Gasteiger partial charge in [-0.15, -0.1) is 0 Å². The maximum atomic E-state index is 13.5. The third-order valence-corrected chi connectivity index (χ3v) is 3.10. The summed E-state index contributed by atoms with van der Waals surface area (Å²) in [5, 5.41) is 0. The van der Waals surface area contributed by atoms with Gasteiger partial charge in [0.25, 0.3) is 0 Å². The molecule has 1 fully saturated rings. The summed E-state index contributed by atoms with van der Waals surface area (Å²) in [6, 6.07) is 10.0. The van der Waals surface area contributed by atoms with Crippen molar-refractivity contribution in [3.05, 3.63) is 35.9 Å². The Hall–Kier alpha value is -1.22. The Morgan fingerprint density at radius 3 is 2.75 bits per heavy atom. The predicted octanol–water partition coefficient (Wildman–Crippen LogP) is 2.05. The molecule has 1 heterocycles. The van der Waals surface area contributed by atoms with Gasteiger partial charge in [0.2, 0.25) is 0 Å². The lowest BCUT2D eigenvalue weighted by atomic mass is 9.96. The zero-order valence-corrected chi connectivity index (χ0v) is 9.18. The summed E-state index contributed by atoms with van der Waals surface area (Å²) in [4.78, 5) is 12.6. The molecule has 1 saturated heterocycles. The Kier molecular flexibility index (Phi) is 3.67. The van der Waals surface area contributed by atoms with Crippen LogP contribution in [0.4, 0.5) is 4.39 Å². The van der Waals surface area contributed by atoms with Crippen molar-refractivity contribution in [2.45, 2.75) is 19.1 Å². The predicted molar refractivity (Wildman–Crippen MR) is 60.8 cm³/mol. The van der Waals surface area contributed by atoms with Crippen LogP contribution in [-0.2, 0) is 11.3 Å². The molecule has 2 atom stereocenters. The number of hydrogen-bond acceptors (Lipinski definition) is 2. The second-order valence-corrected chi connectivity index (χ2v) is 4.33. The van der Waals surface area contributed by atoms with Crippen LogP contribution in [0, 0.1) is 5.92 Å². The van der Waals surface area contributed by atoms with Gasteiger partial charge in [-0.3, -0.25) is 4.90 Å². The summed E-state index contributed by atoms with van der Waals surface area (Å²) < 4.78 is 13.5. The Labute approximate surface area is 95.1 Å². The van der Waals surface area contributed by atoms with Crippen molar-refractivity contribution in [1.29, 1.82) is 0 Å². The molecular weight excluding hydrogens is 205 g/mol. The van der Waals surface area contributed by atoms with Crippen molar-refractivity contribution in [3.8, 4) is 0 Å². The summed E-state index contributed by atoms with van der Waals surface area (Å²) >= 11 is 0. The smallest absolute Gasteiger partial charge is 0.126 e. The SMILES string of the molecule is O=CC1CCN(Cc2ccccc2)CC1F. The molecule has 0 N–H and O–H groups in total. The quantitative estimate of drug-likeness (QED) is 0.728. The van der Waals surface area contributed by atoms with Crippen LogP contribution < -0.4 is 0 Å². The second kappa shape index (κ2) is 5.21. The first-order valence-corrected chi connectivity index (χ1v) is 5.65. The Balaban J connectivity index is 1.91. The summed E-state index contributed by atoms with van der Waals surface area (Å²) in [6.45, 7) is 1.95. The molecule has 0 aliphatic carbocycles. The summed E-state index contributed by atoms with van der Waals surface area (Å²) in [6.07, 6.45) is 0.386. The first-order chi connectivity index (χ1) is 7.79. The van der Waals surface area contributed by atoms with Crippen molar-refractivity contribution in [1.82, 2.24) is 4.90 Å². The average Bonchev–Trinajstić information content (AvgIpc) is 2.31. The van der Waals surface area contributed by atoms with Crippen molar-refractivity contribution >= 4 is 6.29 Å². The first kappa shape index (κ1) is 11.3. The number of nitrogens with zero attached hydrogens (tertiary/aromatic N) is 1. The number of carbonyl (C=O) groups excluding carboxylic acids is 1. The number of hydrogen-bond donors (Lipinski definition) is 0. The lowest BCUT2D eigenvalue weighted by Crippen LogP contribution is -2.41. The van der Waals surface area contributed by atoms with E-state index in [-0.39, 0.29) is 0 Å². The fraction of sp³-hybridized carbons (Fsp3) is 0.462. The molecule has 0 aromatic heterocycles. The molecule has 0 radical (unpaired) electrons. The highest BCUT2D eigenvalue weighted by atomic mass is 19.1. The maximum absolute atomic E-state index is 13.5. The van der Waals surface area contributed by atoms with E-state index < -0.39 is 12.1 Å². The minimum atomic E-state index is -1.00. The highest BCUT2D eigenvalue weighted by Crippen LogP contribution is 2.20. The van der Waals surface area contributed by atoms with Gasteiger partial charge in [0.15, 0.2) is 0 Å². The molecule has 0 spiro atoms. The molecule has 0 bridgehead atoms. The molecule has 16 heavy (non-hydrogen) atoms. The van der Waals surface area contributed by atoms with Crippen LogP contribution in [-0.4, -0.2) is 30.4 Å². The summed E-state index contributed by atoms with van der Waals surface area (Å²) in [5.41, 5.74) is 1.19. The maximum Gasteiger partial charge on any atom is 0.126 e. The van der Waals surface area contributed by atoms with Crippen molar-refractivity contribution in [2.24, 2.45) is 5.92 Å². The fourth-order valence-electron chi connectivity index (χ4n) is 2.12. The van der Waals surface area contributed by atoms with Crippen LogP contribution in [0.2, 0.25) is 0 Å². The van der Waals surface area contributed by atoms with Crippen molar-refractivity contribution in [2.75, 3.05) is 13.1 Å². The van der Waals surface area contributed by atoms with Crippen LogP contribution in [0.25, 0.3) is 0 Å². The Morgan fingerprint density at radius 2 is 2.12 bits per heavy atom. The van der Waals surface area contributed by atoms with Gasteiger partial charge >= 0.3 is 0 Å². The number of alkyl halides is 1. The van der Waals surface area contributed by atoms with Gasteiger partial charge < -0.3 is 4.79 Å². The molecule has 2 rings (SSSR count). The van der Waals surface area contributed by atoms with Crippen LogP contribution in [0.1, 0.15) is 12.0 Å². The molecule has 0 saturated carbocycles. The number of halogens is 1. The standard InChI is InChI=1S/C13H16FNO/c14-13-9-15(7-6-12(13)10-16)8-11-4-2-1-3-5-11/h1-5,10,12-13H,6-9H2. The van der Waals surface area contributed by atoms with Gasteiger partial charge in [0, 0.05) is 19.0 Å². The summed E-state index contributed by atoms with van der Waals surface area (Å²) in [7, 11) is 0. The largest absolute Gasteiger partial charge is 0.303 e. The lowest BCUT2D eigenvalue weighted by molar-refractivity contribution is -0.114. The van der Waals surface area contributed by atoms with E-state index in [0.29, 0.717) is 13.0 Å². The first-order valence-electron chi connectivity index (χ1n) is 5.65. The lowest BCUT2D eigenvalue weighted by Gasteiger charge is -2.32. The van der Waals surface area contributed by atoms with E-state index in [1.165, 1.54) is 5.56 Å². The third-order valence-electron chi connectivity index (χ3n) is 3.10. The normalized spacial score (nSPS) is 26.6. The minimum absolute atomic E-state index is 0.373. The topological polar surface area (TPSA) is 20.3 Å². The van der Waals surface area contributed by atoms with Crippen molar-refractivity contribution < 1.29 is 9.18 Å². The Bertz CT molecular complexity index is 341. The minimum Gasteiger partial charge on any atom is -0.303 e. The third kappa shape index (κ3) is 2.67. The van der Waals surface area contributed by atoms with E-state index in [9.17, 15) is 9.18 Å². The van der Waals surface area contributed by atoms with Crippen LogP contribution in [0.5, 0.6) is 0 Å². The number of likely N-dealkylation sites (tertiary alicyclic amines) is 1. The van der Waals surface area contributed by atoms with Crippen LogP contribution in [0.3, 0.4) is 0 Å². The van der Waals surface area contributed by atoms with Gasteiger partial charge in [-0.25, -0.2) is 4.39 Å². The molecule has 2 nitrogen and oxygen atoms in total. The monoisotopic (exact) mass is 221 g/mol. The second-order valence-electron chi connectivity index (χ2n) is 4.33. The molecule has 2 unspecified atom stereocenters. The molecule has 3 heteroatoms.